The minimum atomic E-state index is -1.03. The Bertz CT molecular complexity index is 407. The van der Waals surface area contributed by atoms with Gasteiger partial charge in [0.1, 0.15) is 0 Å². The molecule has 0 spiro atoms. The highest BCUT2D eigenvalue weighted by atomic mass is 16.6. The Kier molecular flexibility index (Phi) is 4.69. The standard InChI is InChI=1S/C13H17NO3/c1-9(2)11-4-6-12(7-5-11)10(3)14-17-8-13(15)16/h4-7,9H,8H2,1-3H3,(H,15,16). The highest BCUT2D eigenvalue weighted by molar-refractivity contribution is 5.98. The summed E-state index contributed by atoms with van der Waals surface area (Å²) in [5, 5.41) is 12.1. The molecule has 0 heterocycles. The molecule has 0 saturated carbocycles. The first-order chi connectivity index (χ1) is 8.00. The van der Waals surface area contributed by atoms with Gasteiger partial charge in [-0.25, -0.2) is 4.79 Å². The van der Waals surface area contributed by atoms with Crippen LogP contribution in [0.3, 0.4) is 0 Å². The number of nitrogens with zero attached hydrogens (tertiary/aromatic N) is 1. The van der Waals surface area contributed by atoms with E-state index in [1.807, 2.05) is 24.3 Å². The van der Waals surface area contributed by atoms with Gasteiger partial charge in [0.15, 0.2) is 0 Å². The number of rotatable bonds is 5. The van der Waals surface area contributed by atoms with Gasteiger partial charge in [-0.3, -0.25) is 0 Å². The van der Waals surface area contributed by atoms with Crippen molar-refractivity contribution in [2.24, 2.45) is 5.16 Å². The summed E-state index contributed by atoms with van der Waals surface area (Å²) in [6.07, 6.45) is 0. The third kappa shape index (κ3) is 4.26. The van der Waals surface area contributed by atoms with Crippen LogP contribution in [0.15, 0.2) is 29.4 Å². The lowest BCUT2D eigenvalue weighted by Crippen LogP contribution is -2.05. The molecule has 92 valence electrons. The van der Waals surface area contributed by atoms with Crippen molar-refractivity contribution in [2.75, 3.05) is 6.61 Å². The first-order valence-corrected chi connectivity index (χ1v) is 5.49. The van der Waals surface area contributed by atoms with Crippen LogP contribution in [-0.2, 0) is 9.63 Å². The Balaban J connectivity index is 2.69. The zero-order valence-electron chi connectivity index (χ0n) is 10.3. The van der Waals surface area contributed by atoms with Gasteiger partial charge in [0.25, 0.3) is 0 Å². The fraction of sp³-hybridized carbons (Fsp3) is 0.385. The van der Waals surface area contributed by atoms with Crippen LogP contribution in [0.5, 0.6) is 0 Å². The molecule has 0 aliphatic heterocycles. The van der Waals surface area contributed by atoms with Crippen molar-refractivity contribution < 1.29 is 14.7 Å². The number of carbonyl (C=O) groups is 1. The van der Waals surface area contributed by atoms with Crippen molar-refractivity contribution in [1.29, 1.82) is 0 Å². The summed E-state index contributed by atoms with van der Waals surface area (Å²) in [4.78, 5) is 14.9. The van der Waals surface area contributed by atoms with E-state index >= 15 is 0 Å². The van der Waals surface area contributed by atoms with Gasteiger partial charge in [0, 0.05) is 0 Å². The SMILES string of the molecule is CC(=NOCC(=O)O)c1ccc(C(C)C)cc1. The van der Waals surface area contributed by atoms with E-state index in [1.165, 1.54) is 5.56 Å². The second-order valence-electron chi connectivity index (χ2n) is 4.12. The number of aliphatic carboxylic acids is 1. The zero-order valence-corrected chi connectivity index (χ0v) is 10.3. The summed E-state index contributed by atoms with van der Waals surface area (Å²) >= 11 is 0. The molecule has 0 aliphatic rings. The molecule has 0 aromatic heterocycles. The van der Waals surface area contributed by atoms with Crippen LogP contribution < -0.4 is 0 Å². The van der Waals surface area contributed by atoms with Crippen molar-refractivity contribution in [2.45, 2.75) is 26.7 Å². The summed E-state index contributed by atoms with van der Waals surface area (Å²) in [5.74, 6) is -0.540. The molecule has 0 atom stereocenters. The lowest BCUT2D eigenvalue weighted by atomic mass is 10.0. The number of benzene rings is 1. The third-order valence-electron chi connectivity index (χ3n) is 2.38. The van der Waals surface area contributed by atoms with Crippen LogP contribution >= 0.6 is 0 Å². The molecule has 0 fully saturated rings. The maximum absolute atomic E-state index is 10.2. The van der Waals surface area contributed by atoms with Gasteiger partial charge in [-0.15, -0.1) is 0 Å². The predicted octanol–water partition coefficient (Wildman–Crippen LogP) is 2.64. The van der Waals surface area contributed by atoms with Gasteiger partial charge in [-0.05, 0) is 24.0 Å². The minimum absolute atomic E-state index is 0.415. The Morgan fingerprint density at radius 3 is 2.41 bits per heavy atom. The van der Waals surface area contributed by atoms with Crippen LogP contribution in [-0.4, -0.2) is 23.4 Å². The van der Waals surface area contributed by atoms with E-state index in [0.29, 0.717) is 11.6 Å². The van der Waals surface area contributed by atoms with Crippen molar-refractivity contribution in [3.8, 4) is 0 Å². The van der Waals surface area contributed by atoms with Crippen LogP contribution in [0.25, 0.3) is 0 Å². The molecule has 1 aromatic carbocycles. The largest absolute Gasteiger partial charge is 0.479 e. The lowest BCUT2D eigenvalue weighted by molar-refractivity contribution is -0.142. The van der Waals surface area contributed by atoms with E-state index in [0.717, 1.165) is 5.56 Å². The highest BCUT2D eigenvalue weighted by Gasteiger charge is 2.02. The lowest BCUT2D eigenvalue weighted by Gasteiger charge is -2.06. The summed E-state index contributed by atoms with van der Waals surface area (Å²) in [5.41, 5.74) is 2.86. The van der Waals surface area contributed by atoms with Gasteiger partial charge >= 0.3 is 5.97 Å². The monoisotopic (exact) mass is 235 g/mol. The molecule has 17 heavy (non-hydrogen) atoms. The molecule has 0 bridgehead atoms. The van der Waals surface area contributed by atoms with Gasteiger partial charge in [0.05, 0.1) is 5.71 Å². The van der Waals surface area contributed by atoms with Gasteiger partial charge in [-0.2, -0.15) is 0 Å². The second-order valence-corrected chi connectivity index (χ2v) is 4.12. The fourth-order valence-electron chi connectivity index (χ4n) is 1.35. The Morgan fingerprint density at radius 2 is 1.94 bits per heavy atom. The number of carboxylic acid groups (broad SMARTS) is 1. The molecule has 1 rings (SSSR count). The molecule has 0 unspecified atom stereocenters. The minimum Gasteiger partial charge on any atom is -0.479 e. The third-order valence-corrected chi connectivity index (χ3v) is 2.38. The van der Waals surface area contributed by atoms with E-state index in [-0.39, 0.29) is 0 Å². The topological polar surface area (TPSA) is 58.9 Å². The summed E-state index contributed by atoms with van der Waals surface area (Å²) in [7, 11) is 0. The van der Waals surface area contributed by atoms with E-state index in [4.69, 9.17) is 5.11 Å². The van der Waals surface area contributed by atoms with E-state index in [9.17, 15) is 4.79 Å². The average Bonchev–Trinajstić information content (AvgIpc) is 2.28. The smallest absolute Gasteiger partial charge is 0.344 e. The normalized spacial score (nSPS) is 11.6. The maximum Gasteiger partial charge on any atom is 0.344 e. The fourth-order valence-corrected chi connectivity index (χ4v) is 1.35. The van der Waals surface area contributed by atoms with Crippen molar-refractivity contribution in [3.63, 3.8) is 0 Å². The Labute approximate surface area is 101 Å². The highest BCUT2D eigenvalue weighted by Crippen LogP contribution is 2.15. The molecule has 0 aliphatic carbocycles. The molecule has 0 amide bonds. The first-order valence-electron chi connectivity index (χ1n) is 5.49. The van der Waals surface area contributed by atoms with E-state index in [2.05, 4.69) is 23.8 Å². The zero-order chi connectivity index (χ0) is 12.8. The number of carboxylic acids is 1. The van der Waals surface area contributed by atoms with Crippen LogP contribution in [0.1, 0.15) is 37.8 Å². The van der Waals surface area contributed by atoms with Crippen LogP contribution in [0.4, 0.5) is 0 Å². The number of oxime groups is 1. The molecular weight excluding hydrogens is 218 g/mol. The van der Waals surface area contributed by atoms with Crippen molar-refractivity contribution in [3.05, 3.63) is 35.4 Å². The molecule has 4 heteroatoms. The van der Waals surface area contributed by atoms with Gasteiger partial charge in [0.2, 0.25) is 6.61 Å². The van der Waals surface area contributed by atoms with Crippen molar-refractivity contribution in [1.82, 2.24) is 0 Å². The first kappa shape index (κ1) is 13.2. The van der Waals surface area contributed by atoms with Crippen molar-refractivity contribution >= 4 is 11.7 Å². The quantitative estimate of drug-likeness (QED) is 0.630. The van der Waals surface area contributed by atoms with Gasteiger partial charge < -0.3 is 9.94 Å². The molecule has 1 N–H and O–H groups in total. The average molecular weight is 235 g/mol. The summed E-state index contributed by atoms with van der Waals surface area (Å²) in [6.45, 7) is 5.63. The molecule has 1 aromatic rings. The van der Waals surface area contributed by atoms with Crippen LogP contribution in [0, 0.1) is 0 Å². The second kappa shape index (κ2) is 6.03. The van der Waals surface area contributed by atoms with Crippen LogP contribution in [0.2, 0.25) is 0 Å². The summed E-state index contributed by atoms with van der Waals surface area (Å²) in [6, 6.07) is 7.99. The molecule has 0 saturated heterocycles. The Hall–Kier alpha value is -1.84. The van der Waals surface area contributed by atoms with E-state index in [1.54, 1.807) is 6.92 Å². The molecule has 0 radical (unpaired) electrons. The maximum atomic E-state index is 10.2. The number of hydrogen-bond donors (Lipinski definition) is 1. The summed E-state index contributed by atoms with van der Waals surface area (Å²) < 4.78 is 0. The molecule has 4 nitrogen and oxygen atoms in total. The van der Waals surface area contributed by atoms with Gasteiger partial charge in [-0.1, -0.05) is 43.3 Å². The molecular formula is C13H17NO3. The van der Waals surface area contributed by atoms with E-state index < -0.39 is 12.6 Å². The Morgan fingerprint density at radius 1 is 1.35 bits per heavy atom. The predicted molar refractivity (Wildman–Crippen MR) is 66.3 cm³/mol. The number of hydrogen-bond acceptors (Lipinski definition) is 3.